The Morgan fingerprint density at radius 2 is 1.70 bits per heavy atom. The maximum Gasteiger partial charge on any atom is 0.261 e. The van der Waals surface area contributed by atoms with E-state index in [0.717, 1.165) is 30.6 Å². The fourth-order valence-corrected chi connectivity index (χ4v) is 2.99. The predicted molar refractivity (Wildman–Crippen MR) is 117 cm³/mol. The second kappa shape index (κ2) is 12.5. The van der Waals surface area contributed by atoms with Crippen LogP contribution < -0.4 is 14.8 Å². The Balaban J connectivity index is 2.07. The van der Waals surface area contributed by atoms with Crippen molar-refractivity contribution in [2.45, 2.75) is 45.7 Å². The van der Waals surface area contributed by atoms with Crippen LogP contribution in [0.5, 0.6) is 11.5 Å². The number of rotatable bonds is 12. The third-order valence-electron chi connectivity index (χ3n) is 4.86. The summed E-state index contributed by atoms with van der Waals surface area (Å²) in [6, 6.07) is 16.0. The lowest BCUT2D eigenvalue weighted by Crippen LogP contribution is -2.49. The normalized spacial score (nSPS) is 11.4. The second-order valence-corrected chi connectivity index (χ2v) is 7.15. The number of carbonyl (C=O) groups excluding carboxylic acids is 2. The largest absolute Gasteiger partial charge is 0.497 e. The molecular weight excluding hydrogens is 380 g/mol. The van der Waals surface area contributed by atoms with Crippen LogP contribution in [0.25, 0.3) is 0 Å². The van der Waals surface area contributed by atoms with E-state index in [9.17, 15) is 9.59 Å². The molecule has 0 aliphatic heterocycles. The van der Waals surface area contributed by atoms with Gasteiger partial charge >= 0.3 is 0 Å². The molecule has 1 atom stereocenters. The molecule has 6 heteroatoms. The molecule has 0 unspecified atom stereocenters. The van der Waals surface area contributed by atoms with E-state index >= 15 is 0 Å². The van der Waals surface area contributed by atoms with Crippen LogP contribution in [-0.2, 0) is 16.1 Å². The van der Waals surface area contributed by atoms with E-state index in [4.69, 9.17) is 9.47 Å². The number of nitrogens with one attached hydrogen (secondary N) is 1. The molecule has 2 aromatic carbocycles. The van der Waals surface area contributed by atoms with Gasteiger partial charge in [0.25, 0.3) is 5.91 Å². The molecule has 0 aliphatic carbocycles. The van der Waals surface area contributed by atoms with E-state index in [-0.39, 0.29) is 18.4 Å². The third-order valence-corrected chi connectivity index (χ3v) is 4.86. The van der Waals surface area contributed by atoms with Crippen molar-refractivity contribution in [3.05, 3.63) is 60.2 Å². The van der Waals surface area contributed by atoms with Crippen molar-refractivity contribution in [2.75, 3.05) is 20.3 Å². The number of benzene rings is 2. The van der Waals surface area contributed by atoms with Crippen LogP contribution in [0.1, 0.15) is 38.7 Å². The zero-order valence-corrected chi connectivity index (χ0v) is 18.1. The fourth-order valence-electron chi connectivity index (χ4n) is 2.99. The molecule has 0 radical (unpaired) electrons. The highest BCUT2D eigenvalue weighted by Crippen LogP contribution is 2.16. The molecule has 162 valence electrons. The highest BCUT2D eigenvalue weighted by atomic mass is 16.5. The summed E-state index contributed by atoms with van der Waals surface area (Å²) in [6.07, 6.45) is 3.08. The Morgan fingerprint density at radius 1 is 1.00 bits per heavy atom. The van der Waals surface area contributed by atoms with Crippen molar-refractivity contribution >= 4 is 11.8 Å². The maximum atomic E-state index is 13.0. The number of hydrogen-bond acceptors (Lipinski definition) is 4. The van der Waals surface area contributed by atoms with Crippen molar-refractivity contribution in [2.24, 2.45) is 0 Å². The molecule has 0 aromatic heterocycles. The van der Waals surface area contributed by atoms with Crippen molar-refractivity contribution in [1.29, 1.82) is 0 Å². The van der Waals surface area contributed by atoms with Gasteiger partial charge in [0.2, 0.25) is 5.91 Å². The SMILES string of the molecule is CCCCCNC(=O)[C@H](C)N(Cc1ccc(OC)cc1)C(=O)COc1ccccc1. The molecule has 0 spiro atoms. The van der Waals surface area contributed by atoms with E-state index in [1.54, 1.807) is 31.1 Å². The van der Waals surface area contributed by atoms with Crippen molar-refractivity contribution in [3.8, 4) is 11.5 Å². The number of unbranched alkanes of at least 4 members (excludes halogenated alkanes) is 2. The van der Waals surface area contributed by atoms with Gasteiger partial charge < -0.3 is 19.7 Å². The molecule has 0 saturated heterocycles. The molecule has 2 rings (SSSR count). The van der Waals surface area contributed by atoms with Crippen LogP contribution in [-0.4, -0.2) is 43.0 Å². The topological polar surface area (TPSA) is 67.9 Å². The maximum absolute atomic E-state index is 13.0. The van der Waals surface area contributed by atoms with Crippen LogP contribution in [0.2, 0.25) is 0 Å². The van der Waals surface area contributed by atoms with E-state index in [0.29, 0.717) is 18.8 Å². The molecule has 2 aromatic rings. The summed E-state index contributed by atoms with van der Waals surface area (Å²) in [5.41, 5.74) is 0.912. The average molecular weight is 413 g/mol. The Kier molecular flexibility index (Phi) is 9.71. The first-order valence-electron chi connectivity index (χ1n) is 10.4. The Labute approximate surface area is 179 Å². The molecular formula is C24H32N2O4. The molecule has 0 fully saturated rings. The Hall–Kier alpha value is -3.02. The highest BCUT2D eigenvalue weighted by molar-refractivity contribution is 5.87. The summed E-state index contributed by atoms with van der Waals surface area (Å²) in [4.78, 5) is 27.2. The van der Waals surface area contributed by atoms with Crippen LogP contribution in [0.15, 0.2) is 54.6 Å². The molecule has 6 nitrogen and oxygen atoms in total. The van der Waals surface area contributed by atoms with Crippen LogP contribution in [0, 0.1) is 0 Å². The standard InChI is InChI=1S/C24H32N2O4/c1-4-5-9-16-25-24(28)19(2)26(17-20-12-14-21(29-3)15-13-20)23(27)18-30-22-10-7-6-8-11-22/h6-8,10-15,19H,4-5,9,16-18H2,1-3H3,(H,25,28)/t19-/m0/s1. The summed E-state index contributed by atoms with van der Waals surface area (Å²) >= 11 is 0. The lowest BCUT2D eigenvalue weighted by atomic mass is 10.1. The minimum atomic E-state index is -0.611. The summed E-state index contributed by atoms with van der Waals surface area (Å²) in [5.74, 6) is 0.955. The van der Waals surface area contributed by atoms with Crippen LogP contribution in [0.3, 0.4) is 0 Å². The first kappa shape index (κ1) is 23.3. The van der Waals surface area contributed by atoms with E-state index in [1.807, 2.05) is 42.5 Å². The predicted octanol–water partition coefficient (Wildman–Crippen LogP) is 3.80. The van der Waals surface area contributed by atoms with Gasteiger partial charge in [0, 0.05) is 13.1 Å². The molecule has 0 bridgehead atoms. The highest BCUT2D eigenvalue weighted by Gasteiger charge is 2.26. The molecule has 2 amide bonds. The van der Waals surface area contributed by atoms with Crippen LogP contribution in [0.4, 0.5) is 0 Å². The molecule has 0 aliphatic rings. The zero-order valence-electron chi connectivity index (χ0n) is 18.1. The summed E-state index contributed by atoms with van der Waals surface area (Å²) < 4.78 is 10.8. The van der Waals surface area contributed by atoms with Gasteiger partial charge in [-0.1, -0.05) is 50.1 Å². The first-order valence-corrected chi connectivity index (χ1v) is 10.4. The summed E-state index contributed by atoms with van der Waals surface area (Å²) in [7, 11) is 1.61. The second-order valence-electron chi connectivity index (χ2n) is 7.15. The summed E-state index contributed by atoms with van der Waals surface area (Å²) in [6.45, 7) is 4.66. The number of carbonyl (C=O) groups is 2. The van der Waals surface area contributed by atoms with Gasteiger partial charge in [-0.2, -0.15) is 0 Å². The molecule has 0 heterocycles. The number of hydrogen-bond donors (Lipinski definition) is 1. The van der Waals surface area contributed by atoms with Gasteiger partial charge in [0.1, 0.15) is 17.5 Å². The third kappa shape index (κ3) is 7.43. The van der Waals surface area contributed by atoms with Gasteiger partial charge in [-0.25, -0.2) is 0 Å². The average Bonchev–Trinajstić information content (AvgIpc) is 2.79. The van der Waals surface area contributed by atoms with Crippen molar-refractivity contribution in [3.63, 3.8) is 0 Å². The number of nitrogens with zero attached hydrogens (tertiary/aromatic N) is 1. The minimum Gasteiger partial charge on any atom is -0.497 e. The Morgan fingerprint density at radius 3 is 2.33 bits per heavy atom. The number of methoxy groups -OCH3 is 1. The Bertz CT molecular complexity index is 778. The van der Waals surface area contributed by atoms with E-state index in [1.165, 1.54) is 0 Å². The van der Waals surface area contributed by atoms with Crippen molar-refractivity contribution in [1.82, 2.24) is 10.2 Å². The zero-order chi connectivity index (χ0) is 21.8. The monoisotopic (exact) mass is 412 g/mol. The van der Waals surface area contributed by atoms with E-state index < -0.39 is 6.04 Å². The van der Waals surface area contributed by atoms with E-state index in [2.05, 4.69) is 12.2 Å². The molecule has 1 N–H and O–H groups in total. The number of para-hydroxylation sites is 1. The fraction of sp³-hybridized carbons (Fsp3) is 0.417. The van der Waals surface area contributed by atoms with Gasteiger partial charge in [-0.3, -0.25) is 9.59 Å². The molecule has 30 heavy (non-hydrogen) atoms. The first-order chi connectivity index (χ1) is 14.5. The van der Waals surface area contributed by atoms with Gasteiger partial charge in [-0.15, -0.1) is 0 Å². The van der Waals surface area contributed by atoms with Crippen molar-refractivity contribution < 1.29 is 19.1 Å². The number of amides is 2. The lowest BCUT2D eigenvalue weighted by Gasteiger charge is -2.28. The minimum absolute atomic E-state index is 0.131. The molecule has 0 saturated carbocycles. The van der Waals surface area contributed by atoms with Crippen LogP contribution >= 0.6 is 0 Å². The lowest BCUT2D eigenvalue weighted by molar-refractivity contribution is -0.142. The smallest absolute Gasteiger partial charge is 0.261 e. The van der Waals surface area contributed by atoms with Gasteiger partial charge in [0.05, 0.1) is 7.11 Å². The van der Waals surface area contributed by atoms with Gasteiger partial charge in [-0.05, 0) is 43.2 Å². The van der Waals surface area contributed by atoms with Gasteiger partial charge in [0.15, 0.2) is 6.61 Å². The summed E-state index contributed by atoms with van der Waals surface area (Å²) in [5, 5.41) is 2.94. The quantitative estimate of drug-likeness (QED) is 0.539. The number of ether oxygens (including phenoxy) is 2.